The number of methoxy groups -OCH3 is 2. The van der Waals surface area contributed by atoms with E-state index in [1.807, 2.05) is 6.07 Å². The second-order valence-electron chi connectivity index (χ2n) is 4.16. The Bertz CT molecular complexity index is 486. The molecule has 6 nitrogen and oxygen atoms in total. The first kappa shape index (κ1) is 15.8. The van der Waals surface area contributed by atoms with Crippen LogP contribution >= 0.6 is 0 Å². The van der Waals surface area contributed by atoms with Crippen molar-refractivity contribution in [3.05, 3.63) is 23.8 Å². The van der Waals surface area contributed by atoms with Crippen molar-refractivity contribution in [1.82, 2.24) is 5.32 Å². The van der Waals surface area contributed by atoms with Gasteiger partial charge < -0.3 is 19.5 Å². The smallest absolute Gasteiger partial charge is 0.303 e. The minimum absolute atomic E-state index is 0.310. The lowest BCUT2D eigenvalue weighted by atomic mass is 10.2. The molecule has 1 atom stereocenters. The van der Waals surface area contributed by atoms with Gasteiger partial charge in [0.2, 0.25) is 0 Å². The fourth-order valence-electron chi connectivity index (χ4n) is 1.63. The molecule has 1 aromatic carbocycles. The Morgan fingerprint density at radius 2 is 1.85 bits per heavy atom. The Hall–Kier alpha value is -2.24. The molecule has 0 radical (unpaired) electrons. The number of carbonyl (C=O) groups excluding carboxylic acids is 2. The second kappa shape index (κ2) is 7.37. The number of hydrogen-bond acceptors (Lipinski definition) is 5. The molecule has 20 heavy (non-hydrogen) atoms. The molecule has 0 unspecified atom stereocenters. The highest BCUT2D eigenvalue weighted by molar-refractivity contribution is 5.82. The highest BCUT2D eigenvalue weighted by atomic mass is 16.5. The number of esters is 1. The van der Waals surface area contributed by atoms with Crippen LogP contribution in [0.4, 0.5) is 0 Å². The van der Waals surface area contributed by atoms with Crippen molar-refractivity contribution in [2.24, 2.45) is 0 Å². The largest absolute Gasteiger partial charge is 0.493 e. The van der Waals surface area contributed by atoms with Gasteiger partial charge in [0.15, 0.2) is 17.6 Å². The van der Waals surface area contributed by atoms with Gasteiger partial charge in [0, 0.05) is 13.5 Å². The summed E-state index contributed by atoms with van der Waals surface area (Å²) in [4.78, 5) is 22.4. The predicted octanol–water partition coefficient (Wildman–Crippen LogP) is 1.27. The van der Waals surface area contributed by atoms with Crippen LogP contribution < -0.4 is 14.8 Å². The average molecular weight is 281 g/mol. The summed E-state index contributed by atoms with van der Waals surface area (Å²) < 4.78 is 15.1. The number of benzene rings is 1. The number of carbonyl (C=O) groups is 2. The lowest BCUT2D eigenvalue weighted by Gasteiger charge is -2.13. The third kappa shape index (κ3) is 4.46. The van der Waals surface area contributed by atoms with E-state index in [0.29, 0.717) is 18.0 Å². The summed E-state index contributed by atoms with van der Waals surface area (Å²) in [7, 11) is 3.10. The molecule has 0 fully saturated rings. The molecule has 110 valence electrons. The summed E-state index contributed by atoms with van der Waals surface area (Å²) >= 11 is 0. The van der Waals surface area contributed by atoms with Crippen molar-refractivity contribution in [2.45, 2.75) is 26.5 Å². The molecule has 0 aliphatic rings. The number of amides is 1. The third-order valence-corrected chi connectivity index (χ3v) is 2.63. The number of hydrogen-bond donors (Lipinski definition) is 1. The molecular weight excluding hydrogens is 262 g/mol. The molecule has 0 saturated heterocycles. The predicted molar refractivity (Wildman–Crippen MR) is 72.6 cm³/mol. The van der Waals surface area contributed by atoms with E-state index in [2.05, 4.69) is 5.32 Å². The van der Waals surface area contributed by atoms with Crippen LogP contribution in [0, 0.1) is 0 Å². The lowest BCUT2D eigenvalue weighted by molar-refractivity contribution is -0.152. The van der Waals surface area contributed by atoms with Crippen LogP contribution in [0.2, 0.25) is 0 Å². The van der Waals surface area contributed by atoms with Crippen LogP contribution in [-0.2, 0) is 20.9 Å². The minimum Gasteiger partial charge on any atom is -0.493 e. The SMILES string of the molecule is COc1ccc(CNC(=O)[C@H](C)OC(C)=O)cc1OC. The highest BCUT2D eigenvalue weighted by Crippen LogP contribution is 2.27. The molecule has 0 heterocycles. The molecule has 1 aromatic rings. The van der Waals surface area contributed by atoms with Gasteiger partial charge >= 0.3 is 5.97 Å². The van der Waals surface area contributed by atoms with E-state index in [4.69, 9.17) is 14.2 Å². The number of rotatable bonds is 6. The monoisotopic (exact) mass is 281 g/mol. The Morgan fingerprint density at radius 1 is 1.20 bits per heavy atom. The van der Waals surface area contributed by atoms with E-state index in [9.17, 15) is 9.59 Å². The zero-order valence-electron chi connectivity index (χ0n) is 12.1. The van der Waals surface area contributed by atoms with Gasteiger partial charge in [-0.3, -0.25) is 9.59 Å². The van der Waals surface area contributed by atoms with Crippen LogP contribution in [0.5, 0.6) is 11.5 Å². The molecule has 6 heteroatoms. The van der Waals surface area contributed by atoms with Gasteiger partial charge in [0.25, 0.3) is 5.91 Å². The summed E-state index contributed by atoms with van der Waals surface area (Å²) in [6.45, 7) is 3.09. The van der Waals surface area contributed by atoms with Crippen LogP contribution in [0.15, 0.2) is 18.2 Å². The van der Waals surface area contributed by atoms with E-state index in [1.54, 1.807) is 26.4 Å². The Kier molecular flexibility index (Phi) is 5.83. The van der Waals surface area contributed by atoms with Gasteiger partial charge in [0.05, 0.1) is 14.2 Å². The van der Waals surface area contributed by atoms with Crippen molar-refractivity contribution in [2.75, 3.05) is 14.2 Å². The Labute approximate surface area is 118 Å². The summed E-state index contributed by atoms with van der Waals surface area (Å²) in [6.07, 6.45) is -0.812. The van der Waals surface area contributed by atoms with Crippen molar-refractivity contribution in [3.63, 3.8) is 0 Å². The molecule has 0 aliphatic heterocycles. The van der Waals surface area contributed by atoms with Gasteiger partial charge in [-0.25, -0.2) is 0 Å². The minimum atomic E-state index is -0.812. The zero-order chi connectivity index (χ0) is 15.1. The first-order valence-electron chi connectivity index (χ1n) is 6.13. The molecule has 1 rings (SSSR count). The maximum absolute atomic E-state index is 11.7. The normalized spacial score (nSPS) is 11.4. The lowest BCUT2D eigenvalue weighted by Crippen LogP contribution is -2.35. The molecule has 0 spiro atoms. The molecule has 0 bridgehead atoms. The average Bonchev–Trinajstić information content (AvgIpc) is 2.43. The maximum atomic E-state index is 11.7. The van der Waals surface area contributed by atoms with E-state index in [-0.39, 0.29) is 5.91 Å². The fraction of sp³-hybridized carbons (Fsp3) is 0.429. The van der Waals surface area contributed by atoms with E-state index >= 15 is 0 Å². The van der Waals surface area contributed by atoms with Gasteiger partial charge in [-0.15, -0.1) is 0 Å². The van der Waals surface area contributed by atoms with E-state index < -0.39 is 12.1 Å². The molecular formula is C14H19NO5. The standard InChI is InChI=1S/C14H19NO5/c1-9(20-10(2)16)14(17)15-8-11-5-6-12(18-3)13(7-11)19-4/h5-7,9H,8H2,1-4H3,(H,15,17)/t9-/m0/s1. The van der Waals surface area contributed by atoms with Crippen molar-refractivity contribution in [3.8, 4) is 11.5 Å². The first-order valence-corrected chi connectivity index (χ1v) is 6.13. The van der Waals surface area contributed by atoms with Crippen LogP contribution in [0.3, 0.4) is 0 Å². The third-order valence-electron chi connectivity index (χ3n) is 2.63. The molecule has 0 saturated carbocycles. The van der Waals surface area contributed by atoms with Crippen molar-refractivity contribution in [1.29, 1.82) is 0 Å². The summed E-state index contributed by atoms with van der Waals surface area (Å²) in [5.74, 6) is 0.372. The van der Waals surface area contributed by atoms with Gasteiger partial charge in [0.1, 0.15) is 0 Å². The van der Waals surface area contributed by atoms with Crippen molar-refractivity contribution >= 4 is 11.9 Å². The van der Waals surface area contributed by atoms with Gasteiger partial charge in [-0.2, -0.15) is 0 Å². The molecule has 1 amide bonds. The molecule has 0 aromatic heterocycles. The number of ether oxygens (including phenoxy) is 3. The number of nitrogens with one attached hydrogen (secondary N) is 1. The van der Waals surface area contributed by atoms with E-state index in [0.717, 1.165) is 5.56 Å². The van der Waals surface area contributed by atoms with Gasteiger partial charge in [-0.1, -0.05) is 6.07 Å². The fourth-order valence-corrected chi connectivity index (χ4v) is 1.63. The molecule has 0 aliphatic carbocycles. The molecule has 1 N–H and O–H groups in total. The maximum Gasteiger partial charge on any atom is 0.303 e. The summed E-state index contributed by atoms with van der Waals surface area (Å²) in [5, 5.41) is 2.68. The highest BCUT2D eigenvalue weighted by Gasteiger charge is 2.15. The summed E-state index contributed by atoms with van der Waals surface area (Å²) in [6, 6.07) is 5.35. The first-order chi connectivity index (χ1) is 9.47. The van der Waals surface area contributed by atoms with Crippen LogP contribution in [-0.4, -0.2) is 32.2 Å². The summed E-state index contributed by atoms with van der Waals surface area (Å²) in [5.41, 5.74) is 0.853. The Morgan fingerprint density at radius 3 is 2.40 bits per heavy atom. The topological polar surface area (TPSA) is 73.9 Å². The van der Waals surface area contributed by atoms with Crippen molar-refractivity contribution < 1.29 is 23.8 Å². The quantitative estimate of drug-likeness (QED) is 0.795. The van der Waals surface area contributed by atoms with Crippen LogP contribution in [0.1, 0.15) is 19.4 Å². The second-order valence-corrected chi connectivity index (χ2v) is 4.16. The van der Waals surface area contributed by atoms with Gasteiger partial charge in [-0.05, 0) is 24.6 Å². The van der Waals surface area contributed by atoms with E-state index in [1.165, 1.54) is 13.8 Å². The van der Waals surface area contributed by atoms with Crippen LogP contribution in [0.25, 0.3) is 0 Å². The zero-order valence-corrected chi connectivity index (χ0v) is 12.1. The Balaban J connectivity index is 2.61.